The molecule has 1 saturated heterocycles. The maximum atomic E-state index is 13.6. The molecule has 1 aromatic carbocycles. The average molecular weight is 354 g/mol. The lowest BCUT2D eigenvalue weighted by Crippen LogP contribution is -2.48. The average Bonchev–Trinajstić information content (AvgIpc) is 2.44. The summed E-state index contributed by atoms with van der Waals surface area (Å²) in [4.78, 5) is 13.1. The van der Waals surface area contributed by atoms with Crippen LogP contribution in [-0.2, 0) is 22.6 Å². The van der Waals surface area contributed by atoms with Crippen LogP contribution in [0.3, 0.4) is 0 Å². The van der Waals surface area contributed by atoms with E-state index in [1.54, 1.807) is 0 Å². The van der Waals surface area contributed by atoms with E-state index >= 15 is 0 Å². The van der Waals surface area contributed by atoms with Crippen LogP contribution in [-0.4, -0.2) is 43.9 Å². The Morgan fingerprint density at radius 1 is 1.22 bits per heavy atom. The van der Waals surface area contributed by atoms with Gasteiger partial charge in [0.25, 0.3) is 0 Å². The molecule has 2 amide bonds. The van der Waals surface area contributed by atoms with Gasteiger partial charge in [-0.25, -0.2) is 17.6 Å². The lowest BCUT2D eigenvalue weighted by Gasteiger charge is -2.26. The van der Waals surface area contributed by atoms with E-state index in [4.69, 9.17) is 0 Å². The van der Waals surface area contributed by atoms with E-state index in [1.165, 1.54) is 4.90 Å². The van der Waals surface area contributed by atoms with Crippen molar-refractivity contribution in [2.75, 3.05) is 24.6 Å². The maximum absolute atomic E-state index is 13.6. The van der Waals surface area contributed by atoms with Gasteiger partial charge >= 0.3 is 12.2 Å². The molecule has 1 aliphatic heterocycles. The van der Waals surface area contributed by atoms with Crippen molar-refractivity contribution in [1.82, 2.24) is 10.2 Å². The molecule has 1 N–H and O–H groups in total. The lowest BCUT2D eigenvalue weighted by atomic mass is 10.1. The van der Waals surface area contributed by atoms with E-state index in [1.807, 2.05) is 0 Å². The predicted octanol–water partition coefficient (Wildman–Crippen LogP) is 1.78. The highest BCUT2D eigenvalue weighted by Gasteiger charge is 2.31. The number of hydrogen-bond donors (Lipinski definition) is 1. The number of nitrogens with one attached hydrogen (secondary N) is 1. The van der Waals surface area contributed by atoms with Gasteiger partial charge in [-0.3, -0.25) is 0 Å². The number of hydrogen-bond acceptors (Lipinski definition) is 3. The Kier molecular flexibility index (Phi) is 4.83. The van der Waals surface area contributed by atoms with Crippen LogP contribution in [0.4, 0.5) is 22.4 Å². The number of sulfone groups is 1. The third-order valence-electron chi connectivity index (χ3n) is 3.44. The summed E-state index contributed by atoms with van der Waals surface area (Å²) in [6.45, 7) is -0.223. The molecule has 2 rings (SSSR count). The molecular weight excluding hydrogens is 340 g/mol. The van der Waals surface area contributed by atoms with Gasteiger partial charge in [-0.2, -0.15) is 13.2 Å². The summed E-state index contributed by atoms with van der Waals surface area (Å²) in [6.07, 6.45) is -4.64. The van der Waals surface area contributed by atoms with E-state index in [-0.39, 0.29) is 36.7 Å². The van der Waals surface area contributed by atoms with Gasteiger partial charge in [0.1, 0.15) is 5.82 Å². The van der Waals surface area contributed by atoms with Gasteiger partial charge in [0.15, 0.2) is 9.84 Å². The number of amides is 2. The van der Waals surface area contributed by atoms with Crippen LogP contribution < -0.4 is 5.32 Å². The fourth-order valence-corrected chi connectivity index (χ4v) is 3.27. The summed E-state index contributed by atoms with van der Waals surface area (Å²) < 4.78 is 73.4. The second-order valence-corrected chi connectivity index (χ2v) is 7.41. The van der Waals surface area contributed by atoms with Crippen molar-refractivity contribution in [2.24, 2.45) is 0 Å². The molecule has 1 heterocycles. The van der Waals surface area contributed by atoms with Crippen molar-refractivity contribution in [3.05, 3.63) is 35.1 Å². The van der Waals surface area contributed by atoms with Gasteiger partial charge in [0.2, 0.25) is 0 Å². The molecule has 0 unspecified atom stereocenters. The van der Waals surface area contributed by atoms with Gasteiger partial charge in [0.05, 0.1) is 17.1 Å². The predicted molar refractivity (Wildman–Crippen MR) is 73.9 cm³/mol. The number of nitrogens with zero attached hydrogens (tertiary/aromatic N) is 1. The fraction of sp³-hybridized carbons (Fsp3) is 0.462. The van der Waals surface area contributed by atoms with Crippen LogP contribution in [0.15, 0.2) is 18.2 Å². The van der Waals surface area contributed by atoms with E-state index < -0.39 is 33.4 Å². The number of carbonyl (C=O) groups excluding carboxylic acids is 1. The Morgan fingerprint density at radius 3 is 2.35 bits per heavy atom. The minimum atomic E-state index is -4.64. The summed E-state index contributed by atoms with van der Waals surface area (Å²) in [5, 5.41) is 2.37. The lowest BCUT2D eigenvalue weighted by molar-refractivity contribution is -0.137. The molecule has 1 aromatic rings. The molecule has 0 radical (unpaired) electrons. The second-order valence-electron chi connectivity index (χ2n) is 5.10. The summed E-state index contributed by atoms with van der Waals surface area (Å²) in [5.74, 6) is -1.36. The first-order chi connectivity index (χ1) is 10.6. The van der Waals surface area contributed by atoms with Crippen molar-refractivity contribution in [3.63, 3.8) is 0 Å². The number of halogens is 4. The van der Waals surface area contributed by atoms with E-state index in [2.05, 4.69) is 5.32 Å². The molecule has 0 aromatic heterocycles. The molecule has 10 heteroatoms. The molecule has 5 nitrogen and oxygen atoms in total. The standard InChI is InChI=1S/C13H14F4N2O3S/c14-11-7-10(13(15,16)17)2-1-9(11)8-18-12(20)19-3-5-23(21,22)6-4-19/h1-2,7H,3-6,8H2,(H,18,20). The molecular formula is C13H14F4N2O3S. The second kappa shape index (κ2) is 6.34. The maximum Gasteiger partial charge on any atom is 0.416 e. The van der Waals surface area contributed by atoms with Crippen LogP contribution in [0, 0.1) is 5.82 Å². The van der Waals surface area contributed by atoms with Gasteiger partial charge in [-0.1, -0.05) is 6.07 Å². The molecule has 0 saturated carbocycles. The Bertz CT molecular complexity index is 690. The molecule has 0 aliphatic carbocycles. The van der Waals surface area contributed by atoms with Crippen LogP contribution in [0.1, 0.15) is 11.1 Å². The Labute approximate surface area is 130 Å². The largest absolute Gasteiger partial charge is 0.416 e. The SMILES string of the molecule is O=C(NCc1ccc(C(F)(F)F)cc1F)N1CCS(=O)(=O)CC1. The van der Waals surface area contributed by atoms with Crippen LogP contribution in [0.25, 0.3) is 0 Å². The van der Waals surface area contributed by atoms with Gasteiger partial charge in [0, 0.05) is 25.2 Å². The first kappa shape index (κ1) is 17.5. The summed E-state index contributed by atoms with van der Waals surface area (Å²) >= 11 is 0. The summed E-state index contributed by atoms with van der Waals surface area (Å²) in [5.41, 5.74) is -1.19. The molecule has 1 fully saturated rings. The Balaban J connectivity index is 1.95. The Hall–Kier alpha value is -1.84. The van der Waals surface area contributed by atoms with Gasteiger partial charge < -0.3 is 10.2 Å². The third-order valence-corrected chi connectivity index (χ3v) is 5.05. The summed E-state index contributed by atoms with van der Waals surface area (Å²) in [7, 11) is -3.13. The molecule has 0 spiro atoms. The van der Waals surface area contributed by atoms with E-state index in [0.29, 0.717) is 6.07 Å². The van der Waals surface area contributed by atoms with Crippen molar-refractivity contribution < 1.29 is 30.8 Å². The molecule has 23 heavy (non-hydrogen) atoms. The highest BCUT2D eigenvalue weighted by molar-refractivity contribution is 7.91. The minimum absolute atomic E-state index is 0.0314. The highest BCUT2D eigenvalue weighted by Crippen LogP contribution is 2.30. The van der Waals surface area contributed by atoms with Crippen LogP contribution in [0.5, 0.6) is 0 Å². The number of urea groups is 1. The van der Waals surface area contributed by atoms with E-state index in [0.717, 1.165) is 12.1 Å². The Morgan fingerprint density at radius 2 is 1.83 bits per heavy atom. The van der Waals surface area contributed by atoms with Crippen LogP contribution in [0.2, 0.25) is 0 Å². The number of rotatable bonds is 2. The number of benzene rings is 1. The molecule has 0 atom stereocenters. The zero-order valence-electron chi connectivity index (χ0n) is 11.9. The van der Waals surface area contributed by atoms with Crippen molar-refractivity contribution in [3.8, 4) is 0 Å². The first-order valence-corrected chi connectivity index (χ1v) is 8.49. The zero-order valence-corrected chi connectivity index (χ0v) is 12.7. The monoisotopic (exact) mass is 354 g/mol. The summed E-state index contributed by atoms with van der Waals surface area (Å²) in [6, 6.07) is 1.48. The number of carbonyl (C=O) groups is 1. The fourth-order valence-electron chi connectivity index (χ4n) is 2.07. The van der Waals surface area contributed by atoms with E-state index in [9.17, 15) is 30.8 Å². The van der Waals surface area contributed by atoms with Gasteiger partial charge in [-0.05, 0) is 12.1 Å². The topological polar surface area (TPSA) is 66.5 Å². The molecule has 0 bridgehead atoms. The highest BCUT2D eigenvalue weighted by atomic mass is 32.2. The normalized spacial score (nSPS) is 17.8. The first-order valence-electron chi connectivity index (χ1n) is 6.67. The van der Waals surface area contributed by atoms with Crippen molar-refractivity contribution >= 4 is 15.9 Å². The third kappa shape index (κ3) is 4.57. The van der Waals surface area contributed by atoms with Crippen molar-refractivity contribution in [2.45, 2.75) is 12.7 Å². The quantitative estimate of drug-likeness (QED) is 0.824. The number of alkyl halides is 3. The zero-order chi connectivity index (χ0) is 17.3. The molecule has 128 valence electrons. The van der Waals surface area contributed by atoms with Crippen molar-refractivity contribution in [1.29, 1.82) is 0 Å². The minimum Gasteiger partial charge on any atom is -0.334 e. The van der Waals surface area contributed by atoms with Crippen LogP contribution >= 0.6 is 0 Å². The molecule has 1 aliphatic rings. The smallest absolute Gasteiger partial charge is 0.334 e. The van der Waals surface area contributed by atoms with Gasteiger partial charge in [-0.15, -0.1) is 0 Å².